The summed E-state index contributed by atoms with van der Waals surface area (Å²) in [4.78, 5) is 16.6. The first-order valence-electron chi connectivity index (χ1n) is 10.2. The van der Waals surface area contributed by atoms with E-state index in [2.05, 4.69) is 40.6 Å². The van der Waals surface area contributed by atoms with Gasteiger partial charge >= 0.3 is 6.03 Å². The fourth-order valence-corrected chi connectivity index (χ4v) is 4.93. The Morgan fingerprint density at radius 1 is 1.15 bits per heavy atom. The Kier molecular flexibility index (Phi) is 5.30. The van der Waals surface area contributed by atoms with E-state index in [0.29, 0.717) is 11.8 Å². The van der Waals surface area contributed by atoms with Crippen LogP contribution >= 0.6 is 0 Å². The lowest BCUT2D eigenvalue weighted by Gasteiger charge is -2.26. The summed E-state index contributed by atoms with van der Waals surface area (Å²) in [7, 11) is 1.72. The highest BCUT2D eigenvalue weighted by Gasteiger charge is 2.38. The molecule has 0 saturated carbocycles. The highest BCUT2D eigenvalue weighted by atomic mass is 16.2. The number of nitrogens with zero attached hydrogens (tertiary/aromatic N) is 2. The fourth-order valence-electron chi connectivity index (χ4n) is 4.93. The summed E-state index contributed by atoms with van der Waals surface area (Å²) in [6.07, 6.45) is 8.62. The molecule has 1 aliphatic carbocycles. The van der Waals surface area contributed by atoms with Crippen molar-refractivity contribution in [3.05, 3.63) is 41.5 Å². The molecule has 4 nitrogen and oxygen atoms in total. The molecule has 0 radical (unpaired) electrons. The second-order valence-electron chi connectivity index (χ2n) is 8.06. The van der Waals surface area contributed by atoms with E-state index in [-0.39, 0.29) is 6.03 Å². The van der Waals surface area contributed by atoms with E-state index in [0.717, 1.165) is 25.9 Å². The average Bonchev–Trinajstić information content (AvgIpc) is 3.35. The average molecular weight is 354 g/mol. The molecular formula is C22H31N3O. The van der Waals surface area contributed by atoms with Crippen molar-refractivity contribution in [3.63, 3.8) is 0 Å². The Balaban J connectivity index is 1.41. The van der Waals surface area contributed by atoms with Crippen LogP contribution in [0.2, 0.25) is 0 Å². The molecule has 0 spiro atoms. The van der Waals surface area contributed by atoms with Gasteiger partial charge in [-0.15, -0.1) is 0 Å². The van der Waals surface area contributed by atoms with Gasteiger partial charge in [0.15, 0.2) is 0 Å². The van der Waals surface area contributed by atoms with Gasteiger partial charge in [-0.05, 0) is 67.8 Å². The Labute approximate surface area is 157 Å². The van der Waals surface area contributed by atoms with Crippen molar-refractivity contribution in [2.24, 2.45) is 11.8 Å². The molecule has 1 N–H and O–H groups in total. The van der Waals surface area contributed by atoms with Gasteiger partial charge < -0.3 is 15.1 Å². The van der Waals surface area contributed by atoms with Crippen LogP contribution in [0.25, 0.3) is 5.57 Å². The molecule has 3 aliphatic rings. The number of hydrogen-bond acceptors (Lipinski definition) is 2. The van der Waals surface area contributed by atoms with Crippen molar-refractivity contribution in [3.8, 4) is 0 Å². The van der Waals surface area contributed by atoms with Gasteiger partial charge in [0.25, 0.3) is 0 Å². The maximum atomic E-state index is 12.0. The van der Waals surface area contributed by atoms with Crippen LogP contribution in [-0.4, -0.2) is 55.6 Å². The smallest absolute Gasteiger partial charge is 0.317 e. The lowest BCUT2D eigenvalue weighted by atomic mass is 9.78. The zero-order valence-corrected chi connectivity index (χ0v) is 15.9. The Morgan fingerprint density at radius 2 is 1.92 bits per heavy atom. The molecule has 4 heteroatoms. The van der Waals surface area contributed by atoms with Crippen molar-refractivity contribution in [2.45, 2.75) is 32.1 Å². The molecule has 4 rings (SSSR count). The summed E-state index contributed by atoms with van der Waals surface area (Å²) in [5.41, 5.74) is 4.24. The van der Waals surface area contributed by atoms with E-state index < -0.39 is 0 Å². The van der Waals surface area contributed by atoms with Crippen molar-refractivity contribution in [1.29, 1.82) is 0 Å². The first kappa shape index (κ1) is 17.6. The number of carbonyl (C=O) groups is 1. The van der Waals surface area contributed by atoms with Gasteiger partial charge in [0.05, 0.1) is 0 Å². The van der Waals surface area contributed by atoms with Crippen molar-refractivity contribution in [2.75, 3.05) is 39.8 Å². The molecule has 0 aromatic heterocycles. The zero-order chi connectivity index (χ0) is 17.9. The van der Waals surface area contributed by atoms with Gasteiger partial charge in [0, 0.05) is 32.6 Å². The summed E-state index contributed by atoms with van der Waals surface area (Å²) >= 11 is 0. The predicted molar refractivity (Wildman–Crippen MR) is 106 cm³/mol. The minimum atomic E-state index is 0.0658. The molecule has 1 aromatic rings. The van der Waals surface area contributed by atoms with Gasteiger partial charge in [0.1, 0.15) is 0 Å². The molecular weight excluding hydrogens is 322 g/mol. The maximum absolute atomic E-state index is 12.0. The quantitative estimate of drug-likeness (QED) is 0.901. The number of fused-ring (bicyclic) bond motifs is 1. The minimum absolute atomic E-state index is 0.0658. The van der Waals surface area contributed by atoms with E-state index in [1.54, 1.807) is 7.05 Å². The van der Waals surface area contributed by atoms with E-state index in [1.807, 2.05) is 4.90 Å². The van der Waals surface area contributed by atoms with Crippen LogP contribution in [0.1, 0.15) is 36.8 Å². The highest BCUT2D eigenvalue weighted by Crippen LogP contribution is 2.41. The number of amides is 2. The number of allylic oxidation sites excluding steroid dienone is 1. The Hall–Kier alpha value is -1.81. The lowest BCUT2D eigenvalue weighted by Crippen LogP contribution is -2.36. The summed E-state index contributed by atoms with van der Waals surface area (Å²) in [5, 5.41) is 2.78. The van der Waals surface area contributed by atoms with Gasteiger partial charge in [0.2, 0.25) is 0 Å². The van der Waals surface area contributed by atoms with Crippen molar-refractivity contribution < 1.29 is 4.79 Å². The lowest BCUT2D eigenvalue weighted by molar-refractivity contribution is 0.209. The van der Waals surface area contributed by atoms with Gasteiger partial charge in [-0.25, -0.2) is 4.79 Å². The number of nitrogens with one attached hydrogen (secondary N) is 1. The van der Waals surface area contributed by atoms with E-state index in [4.69, 9.17) is 0 Å². The molecule has 2 saturated heterocycles. The number of carbonyl (C=O) groups excluding carboxylic acids is 1. The largest absolute Gasteiger partial charge is 0.341 e. The molecule has 140 valence electrons. The Morgan fingerprint density at radius 3 is 2.65 bits per heavy atom. The van der Waals surface area contributed by atoms with Crippen LogP contribution in [-0.2, 0) is 6.42 Å². The van der Waals surface area contributed by atoms with Crippen LogP contribution < -0.4 is 5.32 Å². The summed E-state index contributed by atoms with van der Waals surface area (Å²) < 4.78 is 0. The van der Waals surface area contributed by atoms with E-state index in [9.17, 15) is 4.79 Å². The standard InChI is InChI=1S/C22H31N3O/c1-23-22(26)25-15-19-5-4-6-20(21(19)16-25)18-9-7-17(8-10-18)11-14-24-12-2-3-13-24/h6-10,19,21H,2-5,11-16H2,1H3,(H,23,26). The first-order chi connectivity index (χ1) is 12.7. The predicted octanol–water partition coefficient (Wildman–Crippen LogP) is 3.39. The van der Waals surface area contributed by atoms with Crippen LogP contribution in [0.4, 0.5) is 4.79 Å². The van der Waals surface area contributed by atoms with E-state index >= 15 is 0 Å². The molecule has 0 bridgehead atoms. The second-order valence-corrected chi connectivity index (χ2v) is 8.06. The van der Waals surface area contributed by atoms with Crippen LogP contribution in [0.3, 0.4) is 0 Å². The zero-order valence-electron chi connectivity index (χ0n) is 15.9. The third-order valence-corrected chi connectivity index (χ3v) is 6.45. The topological polar surface area (TPSA) is 35.6 Å². The fraction of sp³-hybridized carbons (Fsp3) is 0.591. The number of benzene rings is 1. The molecule has 1 aromatic carbocycles. The summed E-state index contributed by atoms with van der Waals surface area (Å²) in [6, 6.07) is 9.28. The first-order valence-corrected chi connectivity index (χ1v) is 10.2. The molecule has 2 amide bonds. The number of likely N-dealkylation sites (tertiary alicyclic amines) is 2. The van der Waals surface area contributed by atoms with Crippen LogP contribution in [0, 0.1) is 11.8 Å². The van der Waals surface area contributed by atoms with E-state index in [1.165, 1.54) is 55.6 Å². The van der Waals surface area contributed by atoms with Crippen molar-refractivity contribution in [1.82, 2.24) is 15.1 Å². The number of hydrogen-bond donors (Lipinski definition) is 1. The molecule has 2 atom stereocenters. The SMILES string of the molecule is CNC(=O)N1CC2CCC=C(c3ccc(CCN4CCCC4)cc3)C2C1. The van der Waals surface area contributed by atoms with Gasteiger partial charge in [-0.1, -0.05) is 30.3 Å². The summed E-state index contributed by atoms with van der Waals surface area (Å²) in [5.74, 6) is 1.11. The van der Waals surface area contributed by atoms with Gasteiger partial charge in [-0.3, -0.25) is 0 Å². The normalized spacial score (nSPS) is 25.9. The molecule has 2 unspecified atom stereocenters. The number of rotatable bonds is 4. The molecule has 2 aliphatic heterocycles. The van der Waals surface area contributed by atoms with Crippen molar-refractivity contribution >= 4 is 11.6 Å². The second kappa shape index (κ2) is 7.83. The van der Waals surface area contributed by atoms with Gasteiger partial charge in [-0.2, -0.15) is 0 Å². The third kappa shape index (κ3) is 3.66. The van der Waals surface area contributed by atoms with Crippen LogP contribution in [0.5, 0.6) is 0 Å². The highest BCUT2D eigenvalue weighted by molar-refractivity contribution is 5.76. The molecule has 2 heterocycles. The monoisotopic (exact) mass is 353 g/mol. The molecule has 2 fully saturated rings. The molecule has 26 heavy (non-hydrogen) atoms. The Bertz CT molecular complexity index is 660. The van der Waals surface area contributed by atoms with Crippen LogP contribution in [0.15, 0.2) is 30.3 Å². The third-order valence-electron chi connectivity index (χ3n) is 6.45. The number of urea groups is 1. The minimum Gasteiger partial charge on any atom is -0.341 e. The summed E-state index contributed by atoms with van der Waals surface area (Å²) in [6.45, 7) is 5.49. The maximum Gasteiger partial charge on any atom is 0.317 e.